The highest BCUT2D eigenvalue weighted by atomic mass is 32.1. The van der Waals surface area contributed by atoms with E-state index in [-0.39, 0.29) is 11.3 Å². The van der Waals surface area contributed by atoms with Gasteiger partial charge in [-0.1, -0.05) is 17.4 Å². The van der Waals surface area contributed by atoms with Crippen LogP contribution in [0.3, 0.4) is 0 Å². The lowest BCUT2D eigenvalue weighted by Crippen LogP contribution is -2.31. The first kappa shape index (κ1) is 24.4. The highest BCUT2D eigenvalue weighted by molar-refractivity contribution is 7.22. The minimum atomic E-state index is -0.989. The first-order valence-electron chi connectivity index (χ1n) is 11.5. The zero-order valence-electron chi connectivity index (χ0n) is 20.6. The molecule has 3 heterocycles. The number of benzene rings is 2. The molecule has 0 aliphatic carbocycles. The number of amides is 1. The Kier molecular flexibility index (Phi) is 6.34. The summed E-state index contributed by atoms with van der Waals surface area (Å²) in [6, 6.07) is 12.7. The summed E-state index contributed by atoms with van der Waals surface area (Å²) in [5, 5.41) is 11.3. The number of aliphatic hydroxyl groups is 1. The van der Waals surface area contributed by atoms with Gasteiger partial charge in [0.2, 0.25) is 5.78 Å². The van der Waals surface area contributed by atoms with E-state index in [0.717, 1.165) is 4.70 Å². The summed E-state index contributed by atoms with van der Waals surface area (Å²) in [5.41, 5.74) is 1.07. The van der Waals surface area contributed by atoms with E-state index in [0.29, 0.717) is 45.8 Å². The molecule has 37 heavy (non-hydrogen) atoms. The summed E-state index contributed by atoms with van der Waals surface area (Å²) in [6.45, 7) is 4.12. The van der Waals surface area contributed by atoms with E-state index in [4.69, 9.17) is 18.6 Å². The second-order valence-electron chi connectivity index (χ2n) is 8.25. The van der Waals surface area contributed by atoms with Gasteiger partial charge in [0.25, 0.3) is 5.91 Å². The van der Waals surface area contributed by atoms with E-state index in [1.165, 1.54) is 36.5 Å². The number of nitrogens with zero attached hydrogens (tertiary/aromatic N) is 2. The van der Waals surface area contributed by atoms with Crippen molar-refractivity contribution in [3.8, 4) is 17.2 Å². The largest absolute Gasteiger partial charge is 0.503 e. The van der Waals surface area contributed by atoms with E-state index in [2.05, 4.69) is 4.98 Å². The highest BCUT2D eigenvalue weighted by Crippen LogP contribution is 2.46. The third kappa shape index (κ3) is 4.19. The van der Waals surface area contributed by atoms with Gasteiger partial charge in [-0.25, -0.2) is 4.98 Å². The number of furan rings is 1. The number of rotatable bonds is 8. The van der Waals surface area contributed by atoms with Crippen LogP contribution in [0.2, 0.25) is 0 Å². The number of anilines is 1. The second-order valence-corrected chi connectivity index (χ2v) is 9.26. The zero-order chi connectivity index (χ0) is 26.3. The van der Waals surface area contributed by atoms with Crippen LogP contribution in [0.15, 0.2) is 64.3 Å². The molecular formula is C27H24N2O7S. The molecule has 190 valence electrons. The Balaban J connectivity index is 1.67. The molecule has 5 rings (SSSR count). The molecule has 1 N–H and O–H groups in total. The molecule has 0 saturated carbocycles. The maximum atomic E-state index is 13.6. The molecule has 9 nitrogen and oxygen atoms in total. The van der Waals surface area contributed by atoms with Gasteiger partial charge in [0.1, 0.15) is 11.5 Å². The molecule has 0 radical (unpaired) electrons. The van der Waals surface area contributed by atoms with Crippen LogP contribution >= 0.6 is 11.3 Å². The summed E-state index contributed by atoms with van der Waals surface area (Å²) in [7, 11) is 3.01. The Morgan fingerprint density at radius 2 is 1.89 bits per heavy atom. The van der Waals surface area contributed by atoms with Crippen molar-refractivity contribution in [2.24, 2.45) is 0 Å². The highest BCUT2D eigenvalue weighted by Gasteiger charge is 2.46. The summed E-state index contributed by atoms with van der Waals surface area (Å²) in [6.07, 6.45) is 0. The third-order valence-electron chi connectivity index (χ3n) is 6.01. The number of thiazole rings is 1. The van der Waals surface area contributed by atoms with Crippen molar-refractivity contribution in [2.75, 3.05) is 25.7 Å². The van der Waals surface area contributed by atoms with Crippen LogP contribution in [0.1, 0.15) is 34.8 Å². The van der Waals surface area contributed by atoms with Gasteiger partial charge >= 0.3 is 0 Å². The van der Waals surface area contributed by atoms with Gasteiger partial charge in [-0.3, -0.25) is 14.5 Å². The number of aliphatic hydroxyl groups excluding tert-OH is 1. The van der Waals surface area contributed by atoms with Gasteiger partial charge in [0.05, 0.1) is 42.7 Å². The topological polar surface area (TPSA) is 111 Å². The van der Waals surface area contributed by atoms with Gasteiger partial charge in [-0.15, -0.1) is 0 Å². The Labute approximate surface area is 216 Å². The van der Waals surface area contributed by atoms with E-state index in [1.54, 1.807) is 43.3 Å². The Morgan fingerprint density at radius 3 is 2.57 bits per heavy atom. The van der Waals surface area contributed by atoms with Crippen molar-refractivity contribution in [1.29, 1.82) is 0 Å². The molecule has 0 spiro atoms. The van der Waals surface area contributed by atoms with Crippen LogP contribution in [0.4, 0.5) is 5.13 Å². The van der Waals surface area contributed by atoms with Crippen LogP contribution < -0.4 is 19.1 Å². The number of hydrogen-bond acceptors (Lipinski definition) is 9. The van der Waals surface area contributed by atoms with Gasteiger partial charge in [0.15, 0.2) is 28.1 Å². The van der Waals surface area contributed by atoms with E-state index in [9.17, 15) is 14.7 Å². The summed E-state index contributed by atoms with van der Waals surface area (Å²) in [5.74, 6) is 0.121. The third-order valence-corrected chi connectivity index (χ3v) is 7.02. The molecule has 1 aliphatic heterocycles. The van der Waals surface area contributed by atoms with Gasteiger partial charge in [0, 0.05) is 0 Å². The van der Waals surface area contributed by atoms with Crippen LogP contribution in [0.25, 0.3) is 10.2 Å². The van der Waals surface area contributed by atoms with Crippen LogP contribution in [-0.4, -0.2) is 42.6 Å². The Hall–Kier alpha value is -4.31. The fourth-order valence-corrected chi connectivity index (χ4v) is 5.34. The summed E-state index contributed by atoms with van der Waals surface area (Å²) in [4.78, 5) is 33.0. The number of aryl methyl sites for hydroxylation is 1. The molecule has 2 aromatic carbocycles. The fourth-order valence-electron chi connectivity index (χ4n) is 4.31. The minimum Gasteiger partial charge on any atom is -0.503 e. The smallest absolute Gasteiger partial charge is 0.296 e. The average Bonchev–Trinajstić information content (AvgIpc) is 3.59. The lowest BCUT2D eigenvalue weighted by atomic mass is 9.95. The SMILES string of the molecule is CCOc1ccc2nc(N3C(=O)C(O)=C(C(=O)c4ccc(C)o4)[C@H]3c3ccc(OC)c(OC)c3)sc2c1. The Bertz CT molecular complexity index is 1550. The number of fused-ring (bicyclic) bond motifs is 1. The predicted octanol–water partition coefficient (Wildman–Crippen LogP) is 5.40. The second kappa shape index (κ2) is 9.62. The monoisotopic (exact) mass is 520 g/mol. The van der Waals surface area contributed by atoms with E-state index >= 15 is 0 Å². The molecule has 0 saturated heterocycles. The van der Waals surface area contributed by atoms with Gasteiger partial charge in [-0.2, -0.15) is 0 Å². The molecular weight excluding hydrogens is 496 g/mol. The molecule has 2 aromatic heterocycles. The number of methoxy groups -OCH3 is 2. The molecule has 4 aromatic rings. The van der Waals surface area contributed by atoms with Crippen LogP contribution in [-0.2, 0) is 4.79 Å². The first-order valence-corrected chi connectivity index (χ1v) is 12.3. The van der Waals surface area contributed by atoms with Crippen molar-refractivity contribution < 1.29 is 33.3 Å². The van der Waals surface area contributed by atoms with Crippen molar-refractivity contribution >= 4 is 38.4 Å². The minimum absolute atomic E-state index is 0.0184. The number of carbonyl (C=O) groups excluding carboxylic acids is 2. The summed E-state index contributed by atoms with van der Waals surface area (Å²) < 4.78 is 22.7. The van der Waals surface area contributed by atoms with Crippen molar-refractivity contribution in [3.05, 3.63) is 76.9 Å². The number of carbonyl (C=O) groups is 2. The fraction of sp³-hybridized carbons (Fsp3) is 0.222. The maximum absolute atomic E-state index is 13.6. The average molecular weight is 521 g/mol. The predicted molar refractivity (Wildman–Crippen MR) is 138 cm³/mol. The van der Waals surface area contributed by atoms with Crippen molar-refractivity contribution in [2.45, 2.75) is 19.9 Å². The zero-order valence-corrected chi connectivity index (χ0v) is 21.4. The first-order chi connectivity index (χ1) is 17.9. The quantitative estimate of drug-likeness (QED) is 0.308. The lowest BCUT2D eigenvalue weighted by molar-refractivity contribution is -0.117. The molecule has 1 atom stereocenters. The molecule has 0 fully saturated rings. The maximum Gasteiger partial charge on any atom is 0.296 e. The van der Waals surface area contributed by atoms with Crippen molar-refractivity contribution in [3.63, 3.8) is 0 Å². The number of ketones is 1. The molecule has 10 heteroatoms. The standard InChI is InChI=1S/C27H24N2O7S/c1-5-35-16-8-9-17-21(13-16)37-27(28-17)29-23(15-7-11-18(33-3)20(12-15)34-4)22(25(31)26(29)32)24(30)19-10-6-14(2)36-19/h6-13,23,31H,5H2,1-4H3/t23-/m1/s1. The molecule has 1 amide bonds. The number of Topliss-reactive ketones (excluding diaryl/α,β-unsaturated/α-hetero) is 1. The molecule has 1 aliphatic rings. The van der Waals surface area contributed by atoms with E-state index in [1.807, 2.05) is 13.0 Å². The number of aromatic nitrogens is 1. The van der Waals surface area contributed by atoms with Gasteiger partial charge < -0.3 is 23.7 Å². The number of hydrogen-bond donors (Lipinski definition) is 1. The molecule has 0 bridgehead atoms. The molecule has 0 unspecified atom stereocenters. The van der Waals surface area contributed by atoms with Crippen LogP contribution in [0.5, 0.6) is 17.2 Å². The Morgan fingerprint density at radius 1 is 1.11 bits per heavy atom. The normalized spacial score (nSPS) is 15.5. The lowest BCUT2D eigenvalue weighted by Gasteiger charge is -2.25. The number of ether oxygens (including phenoxy) is 3. The summed E-state index contributed by atoms with van der Waals surface area (Å²) >= 11 is 1.26. The van der Waals surface area contributed by atoms with Gasteiger partial charge in [-0.05, 0) is 61.9 Å². The van der Waals surface area contributed by atoms with E-state index < -0.39 is 23.5 Å². The van der Waals surface area contributed by atoms with Crippen molar-refractivity contribution in [1.82, 2.24) is 4.98 Å². The van der Waals surface area contributed by atoms with Crippen LogP contribution in [0, 0.1) is 6.92 Å².